The summed E-state index contributed by atoms with van der Waals surface area (Å²) < 4.78 is 0. The Hall–Kier alpha value is -3.10. The van der Waals surface area contributed by atoms with Crippen LogP contribution in [0.4, 0.5) is 5.69 Å². The number of aromatic nitrogens is 2. The third-order valence-electron chi connectivity index (χ3n) is 4.46. The lowest BCUT2D eigenvalue weighted by molar-refractivity contribution is -0.116. The van der Waals surface area contributed by atoms with Crippen molar-refractivity contribution in [2.24, 2.45) is 0 Å². The summed E-state index contributed by atoms with van der Waals surface area (Å²) in [5.41, 5.74) is 5.49. The molecule has 2 aromatic carbocycles. The Kier molecular flexibility index (Phi) is 7.04. The number of aryl methyl sites for hydroxylation is 2. The zero-order chi connectivity index (χ0) is 20.6. The Morgan fingerprint density at radius 1 is 0.966 bits per heavy atom. The molecular weight excluding hydrogens is 378 g/mol. The van der Waals surface area contributed by atoms with E-state index in [-0.39, 0.29) is 5.91 Å². The molecule has 0 aliphatic heterocycles. The van der Waals surface area contributed by atoms with Gasteiger partial charge in [0.1, 0.15) is 0 Å². The number of rotatable bonds is 5. The van der Waals surface area contributed by atoms with Crippen molar-refractivity contribution < 1.29 is 4.79 Å². The van der Waals surface area contributed by atoms with Crippen LogP contribution in [0, 0.1) is 25.7 Å². The average Bonchev–Trinajstić information content (AvgIpc) is 2.72. The van der Waals surface area contributed by atoms with E-state index < -0.39 is 0 Å². The maximum Gasteiger partial charge on any atom is 0.224 e. The van der Waals surface area contributed by atoms with Crippen LogP contribution < -0.4 is 5.32 Å². The number of nitrogens with zero attached hydrogens (tertiary/aromatic N) is 2. The Morgan fingerprint density at radius 2 is 1.62 bits per heavy atom. The molecule has 5 heteroatoms. The number of hydrogen-bond donors (Lipinski definition) is 1. The summed E-state index contributed by atoms with van der Waals surface area (Å²) in [5, 5.41) is 3.73. The molecule has 4 nitrogen and oxygen atoms in total. The fraction of sp³-hybridized carbons (Fsp3) is 0.208. The van der Waals surface area contributed by atoms with Gasteiger partial charge in [0.15, 0.2) is 5.16 Å². The molecule has 0 saturated heterocycles. The van der Waals surface area contributed by atoms with Crippen molar-refractivity contribution in [3.8, 4) is 11.8 Å². The van der Waals surface area contributed by atoms with Gasteiger partial charge < -0.3 is 5.32 Å². The maximum absolute atomic E-state index is 12.4. The number of carbonyl (C=O) groups is 1. The van der Waals surface area contributed by atoms with Crippen LogP contribution >= 0.6 is 11.8 Å². The number of nitrogens with one attached hydrogen (secondary N) is 1. The summed E-state index contributed by atoms with van der Waals surface area (Å²) in [6, 6.07) is 17.4. The van der Waals surface area contributed by atoms with Crippen LogP contribution in [0.15, 0.2) is 59.8 Å². The van der Waals surface area contributed by atoms with Gasteiger partial charge >= 0.3 is 0 Å². The third-order valence-corrected chi connectivity index (χ3v) is 5.00. The zero-order valence-electron chi connectivity index (χ0n) is 16.8. The summed E-state index contributed by atoms with van der Waals surface area (Å²) in [6.07, 6.45) is 2.95. The van der Waals surface area contributed by atoms with Gasteiger partial charge in [0, 0.05) is 34.6 Å². The molecule has 1 aromatic heterocycles. The van der Waals surface area contributed by atoms with E-state index in [9.17, 15) is 4.79 Å². The summed E-state index contributed by atoms with van der Waals surface area (Å²) in [4.78, 5) is 21.4. The summed E-state index contributed by atoms with van der Waals surface area (Å²) in [6.45, 7) is 3.94. The molecule has 1 N–H and O–H groups in total. The fourth-order valence-electron chi connectivity index (χ4n) is 2.96. The fourth-order valence-corrected chi connectivity index (χ4v) is 3.42. The molecule has 0 radical (unpaired) electrons. The zero-order valence-corrected chi connectivity index (χ0v) is 17.6. The number of hydrogen-bond acceptors (Lipinski definition) is 4. The largest absolute Gasteiger partial charge is 0.326 e. The minimum Gasteiger partial charge on any atom is -0.326 e. The van der Waals surface area contributed by atoms with Gasteiger partial charge in [-0.25, -0.2) is 9.97 Å². The molecule has 0 bridgehead atoms. The van der Waals surface area contributed by atoms with Crippen molar-refractivity contribution in [3.05, 3.63) is 82.7 Å². The molecule has 29 heavy (non-hydrogen) atoms. The normalized spacial score (nSPS) is 10.2. The molecule has 0 aliphatic carbocycles. The number of anilines is 1. The van der Waals surface area contributed by atoms with Gasteiger partial charge in [-0.15, -0.1) is 0 Å². The molecule has 0 atom stereocenters. The maximum atomic E-state index is 12.4. The summed E-state index contributed by atoms with van der Waals surface area (Å²) >= 11 is 1.52. The SMILES string of the molecule is CSc1nc(C)c(CCC(=O)Nc2cccc(C#Cc3ccccc3)c2)c(C)n1. The van der Waals surface area contributed by atoms with Crippen molar-refractivity contribution in [2.75, 3.05) is 11.6 Å². The quantitative estimate of drug-likeness (QED) is 0.380. The van der Waals surface area contributed by atoms with Crippen LogP contribution in [0.1, 0.15) is 34.5 Å². The Balaban J connectivity index is 1.62. The second kappa shape index (κ2) is 9.90. The minimum absolute atomic E-state index is 0.0362. The van der Waals surface area contributed by atoms with E-state index in [4.69, 9.17) is 0 Å². The Bertz CT molecular complexity index is 1050. The van der Waals surface area contributed by atoms with E-state index >= 15 is 0 Å². The van der Waals surface area contributed by atoms with Gasteiger partial charge in [-0.05, 0) is 62.4 Å². The van der Waals surface area contributed by atoms with E-state index in [1.54, 1.807) is 0 Å². The molecule has 1 heterocycles. The summed E-state index contributed by atoms with van der Waals surface area (Å²) in [5.74, 6) is 6.23. The first kappa shape index (κ1) is 20.6. The molecular formula is C24H23N3OS. The first-order chi connectivity index (χ1) is 14.0. The lowest BCUT2D eigenvalue weighted by Gasteiger charge is -2.10. The molecule has 3 rings (SSSR count). The van der Waals surface area contributed by atoms with E-state index in [0.29, 0.717) is 12.8 Å². The van der Waals surface area contributed by atoms with Crippen LogP contribution in [0.25, 0.3) is 0 Å². The predicted octanol–water partition coefficient (Wildman–Crippen LogP) is 4.79. The van der Waals surface area contributed by atoms with Crippen molar-refractivity contribution in [1.82, 2.24) is 9.97 Å². The van der Waals surface area contributed by atoms with E-state index in [1.165, 1.54) is 11.8 Å². The highest BCUT2D eigenvalue weighted by Gasteiger charge is 2.11. The Morgan fingerprint density at radius 3 is 2.31 bits per heavy atom. The van der Waals surface area contributed by atoms with Gasteiger partial charge in [0.05, 0.1) is 0 Å². The number of amides is 1. The number of carbonyl (C=O) groups excluding carboxylic acids is 1. The van der Waals surface area contributed by atoms with Crippen molar-refractivity contribution in [1.29, 1.82) is 0 Å². The molecule has 3 aromatic rings. The highest BCUT2D eigenvalue weighted by Crippen LogP contribution is 2.18. The van der Waals surface area contributed by atoms with Gasteiger partial charge in [-0.3, -0.25) is 4.79 Å². The van der Waals surface area contributed by atoms with Gasteiger partial charge in [0.2, 0.25) is 5.91 Å². The molecule has 0 spiro atoms. The minimum atomic E-state index is -0.0362. The predicted molar refractivity (Wildman–Crippen MR) is 119 cm³/mol. The van der Waals surface area contributed by atoms with Crippen LogP contribution in [0.5, 0.6) is 0 Å². The van der Waals surface area contributed by atoms with Crippen LogP contribution in [0.2, 0.25) is 0 Å². The van der Waals surface area contributed by atoms with Gasteiger partial charge in [-0.2, -0.15) is 0 Å². The van der Waals surface area contributed by atoms with Gasteiger partial charge in [0.25, 0.3) is 0 Å². The highest BCUT2D eigenvalue weighted by atomic mass is 32.2. The van der Waals surface area contributed by atoms with Crippen molar-refractivity contribution in [3.63, 3.8) is 0 Å². The molecule has 0 fully saturated rings. The van der Waals surface area contributed by atoms with Crippen LogP contribution in [-0.2, 0) is 11.2 Å². The van der Waals surface area contributed by atoms with Crippen LogP contribution in [0.3, 0.4) is 0 Å². The highest BCUT2D eigenvalue weighted by molar-refractivity contribution is 7.98. The van der Waals surface area contributed by atoms with E-state index in [1.807, 2.05) is 74.7 Å². The summed E-state index contributed by atoms with van der Waals surface area (Å²) in [7, 11) is 0. The van der Waals surface area contributed by atoms with E-state index in [0.717, 1.165) is 38.9 Å². The monoisotopic (exact) mass is 401 g/mol. The second-order valence-corrected chi connectivity index (χ2v) is 7.38. The molecule has 146 valence electrons. The van der Waals surface area contributed by atoms with Gasteiger partial charge in [-0.1, -0.05) is 47.9 Å². The molecule has 0 unspecified atom stereocenters. The molecule has 0 aliphatic rings. The third kappa shape index (κ3) is 5.94. The van der Waals surface area contributed by atoms with Crippen LogP contribution in [-0.4, -0.2) is 22.1 Å². The number of thioether (sulfide) groups is 1. The number of benzene rings is 2. The lowest BCUT2D eigenvalue weighted by Crippen LogP contribution is -2.13. The lowest BCUT2D eigenvalue weighted by atomic mass is 10.1. The van der Waals surface area contributed by atoms with Crippen molar-refractivity contribution >= 4 is 23.4 Å². The second-order valence-electron chi connectivity index (χ2n) is 6.60. The average molecular weight is 402 g/mol. The van der Waals surface area contributed by atoms with E-state index in [2.05, 4.69) is 27.1 Å². The first-order valence-corrected chi connectivity index (χ1v) is 10.6. The first-order valence-electron chi connectivity index (χ1n) is 9.40. The Labute approximate surface area is 176 Å². The molecule has 1 amide bonds. The topological polar surface area (TPSA) is 54.9 Å². The smallest absolute Gasteiger partial charge is 0.224 e. The molecule has 0 saturated carbocycles. The van der Waals surface area contributed by atoms with Crippen molar-refractivity contribution in [2.45, 2.75) is 31.8 Å². The standard InChI is InChI=1S/C24H23N3OS/c1-17-22(18(2)26-24(25-17)29-3)14-15-23(28)27-21-11-7-10-20(16-21)13-12-19-8-5-4-6-9-19/h4-11,16H,14-15H2,1-3H3,(H,27,28).